The molecule has 116 heavy (non-hydrogen) atoms. The number of aromatic nitrogens is 18. The van der Waals surface area contributed by atoms with E-state index in [1.165, 1.54) is 6.07 Å². The van der Waals surface area contributed by atoms with E-state index in [0.29, 0.717) is 131 Å². The highest BCUT2D eigenvalue weighted by molar-refractivity contribution is 6.00. The van der Waals surface area contributed by atoms with E-state index in [2.05, 4.69) is 123 Å². The normalized spacial score (nSPS) is 11.0. The summed E-state index contributed by atoms with van der Waals surface area (Å²) in [5.74, 6) is 3.59. The van der Waals surface area contributed by atoms with E-state index < -0.39 is 0 Å². The highest BCUT2D eigenvalue weighted by Crippen LogP contribution is 2.37. The number of hydrogen-bond acceptors (Lipinski definition) is 20. The first-order chi connectivity index (χ1) is 56.3. The van der Waals surface area contributed by atoms with Crippen molar-refractivity contribution in [1.29, 1.82) is 0 Å². The monoisotopic (exact) mass is 1570 g/mol. The van der Waals surface area contributed by atoms with Crippen LogP contribution in [-0.4, -0.2) is 166 Å². The molecule has 0 atom stereocenters. The molecule has 0 fully saturated rings. The van der Waals surface area contributed by atoms with E-state index in [9.17, 15) is 28.8 Å². The van der Waals surface area contributed by atoms with Crippen molar-refractivity contribution in [2.24, 2.45) is 0 Å². The molecule has 36 heteroatoms. The third kappa shape index (κ3) is 18.9. The van der Waals surface area contributed by atoms with Gasteiger partial charge in [-0.1, -0.05) is 19.1 Å². The number of hydrogen-bond donors (Lipinski definition) is 14. The summed E-state index contributed by atoms with van der Waals surface area (Å²) in [6.45, 7) is 14.3. The third-order valence-electron chi connectivity index (χ3n) is 17.5. The van der Waals surface area contributed by atoms with E-state index in [1.807, 2.05) is 170 Å². The number of nitrogens with one attached hydrogen (secondary N) is 14. The number of fused-ring (bicyclic) bond motifs is 4. The third-order valence-corrected chi connectivity index (χ3v) is 17.5. The van der Waals surface area contributed by atoms with E-state index in [4.69, 9.17) is 13.6 Å². The lowest BCUT2D eigenvalue weighted by Crippen LogP contribution is -2.28. The summed E-state index contributed by atoms with van der Waals surface area (Å²) in [7, 11) is 5.53. The predicted molar refractivity (Wildman–Crippen MR) is 441 cm³/mol. The van der Waals surface area contributed by atoms with E-state index in [0.717, 1.165) is 83.8 Å². The van der Waals surface area contributed by atoms with Gasteiger partial charge in [-0.3, -0.25) is 40.8 Å². The fraction of sp³-hybridized carbons (Fsp3) is 0.200. The number of H-pyrrole nitrogens is 6. The molecule has 0 radical (unpaired) electrons. The number of urea groups is 4. The highest BCUT2D eigenvalue weighted by Gasteiger charge is 2.23. The number of aromatic amines is 6. The molecule has 36 nitrogen and oxygen atoms in total. The SMILES string of the molecule is CCNC(=O)Nc1nc2c(-c3ncc(CN(C)C)o3)cc(-c3cccnc3)cc2[nH]1.CCNC(=O)Nc1nc2c(-c3ncc(COC)o3)cc(-c3cccnc3)cc2[nH]1.CCNC(=O)Nc1nc2c(-n3cccn3)cc(-c3cc(C)c(CC)c(=O)[nH]3)cc2[nH]1.CCNC(=O)Nc1nc2c(-n3cccn3)cc(-c3cc[nH]c(=O)c3)cc2[nH]1. The second-order valence-electron chi connectivity index (χ2n) is 26.2. The number of oxazole rings is 2. The average Bonchev–Trinajstić information content (AvgIpc) is 1.57. The molecule has 0 saturated heterocycles. The Morgan fingerprint density at radius 3 is 1.34 bits per heavy atom. The standard InChI is InChI=1S/2C21H23N7O2.C20H20N6O3.C18H17N7O2/c1-4-23-21(29)27-20-25-17-9-14(13-6-5-7-22-10-13)8-16(18(17)26-20)19-24-11-15(30-19)12-28(2)3;1-4-14-12(3)9-15(24-19(14)29)13-10-16-18(17(11-13)28-8-6-7-23-28)26-20(25-16)27-21(30)22-5-2;1-3-22-20(27)26-19-24-16-8-13(12-5-4-6-21-9-12)7-15(17(16)25-19)18-23-10-14(29-18)11-28-2;1-2-19-18(27)24-17-22-13-8-12(11-4-6-20-15(26)10-11)9-14(16(13)23-17)25-7-3-5-21-25/h5-11H,4,12H2,1-3H3,(H3,23,25,26,27,29);6-11H,4-5H2,1-3H3,(H,24,29)(H3,22,25,26,27,30);4-10H,3,11H2,1-2H3,(H3,22,24,25,26,27);3-10H,2H2,1H3,(H,20,26)(H3,19,22,23,24,27). The van der Waals surface area contributed by atoms with Crippen molar-refractivity contribution in [3.63, 3.8) is 0 Å². The van der Waals surface area contributed by atoms with Gasteiger partial charge in [0.1, 0.15) is 34.4 Å². The van der Waals surface area contributed by atoms with Crippen LogP contribution in [0.1, 0.15) is 57.3 Å². The number of methoxy groups -OCH3 is 1. The van der Waals surface area contributed by atoms with Gasteiger partial charge >= 0.3 is 24.1 Å². The topological polar surface area (TPSA) is 471 Å². The highest BCUT2D eigenvalue weighted by atomic mass is 16.5. The number of carbonyl (C=O) groups excluding carboxylic acids is 4. The Bertz CT molecular complexity index is 6230. The van der Waals surface area contributed by atoms with Crippen LogP contribution in [0.25, 0.3) is 123 Å². The summed E-state index contributed by atoms with van der Waals surface area (Å²) in [6.07, 6.45) is 19.6. The Morgan fingerprint density at radius 2 is 0.922 bits per heavy atom. The van der Waals surface area contributed by atoms with Crippen LogP contribution in [0.3, 0.4) is 0 Å². The Kier molecular flexibility index (Phi) is 24.7. The van der Waals surface area contributed by atoms with E-state index in [1.54, 1.807) is 72.2 Å². The van der Waals surface area contributed by atoms with E-state index >= 15 is 0 Å². The summed E-state index contributed by atoms with van der Waals surface area (Å²) >= 11 is 0. The van der Waals surface area contributed by atoms with Crippen LogP contribution in [0.5, 0.6) is 0 Å². The van der Waals surface area contributed by atoms with Gasteiger partial charge in [-0.25, -0.2) is 58.4 Å². The first-order valence-corrected chi connectivity index (χ1v) is 37.0. The molecule has 14 N–H and O–H groups in total. The van der Waals surface area contributed by atoms with Crippen molar-refractivity contribution in [3.05, 3.63) is 215 Å². The Balaban J connectivity index is 0.000000135. The zero-order chi connectivity index (χ0) is 81.4. The van der Waals surface area contributed by atoms with E-state index in [-0.39, 0.29) is 35.2 Å². The van der Waals surface area contributed by atoms with Gasteiger partial charge in [0.05, 0.1) is 63.5 Å². The summed E-state index contributed by atoms with van der Waals surface area (Å²) in [4.78, 5) is 127. The lowest BCUT2D eigenvalue weighted by molar-refractivity contribution is 0.165. The van der Waals surface area contributed by atoms with Crippen LogP contribution < -0.4 is 53.7 Å². The fourth-order valence-corrected chi connectivity index (χ4v) is 12.5. The van der Waals surface area contributed by atoms with Crippen molar-refractivity contribution in [3.8, 4) is 78.9 Å². The predicted octanol–water partition coefficient (Wildman–Crippen LogP) is 12.4. The smallest absolute Gasteiger partial charge is 0.321 e. The molecule has 16 rings (SSSR count). The van der Waals surface area contributed by atoms with Gasteiger partial charge in [0.2, 0.25) is 41.1 Å². The van der Waals surface area contributed by atoms with Crippen LogP contribution in [0.2, 0.25) is 0 Å². The fourth-order valence-electron chi connectivity index (χ4n) is 12.5. The van der Waals surface area contributed by atoms with Crippen LogP contribution in [0.4, 0.5) is 43.0 Å². The van der Waals surface area contributed by atoms with Crippen molar-refractivity contribution < 1.29 is 32.7 Å². The number of ether oxygens (including phenoxy) is 1. The molecule has 12 heterocycles. The molecular formula is C80H83N27O9. The molecule has 0 saturated carbocycles. The summed E-state index contributed by atoms with van der Waals surface area (Å²) < 4.78 is 20.3. The molecule has 0 aliphatic carbocycles. The molecule has 0 spiro atoms. The van der Waals surface area contributed by atoms with Gasteiger partial charge in [0, 0.05) is 123 Å². The summed E-state index contributed by atoms with van der Waals surface area (Å²) in [5, 5.41) is 30.1. The van der Waals surface area contributed by atoms with Crippen LogP contribution in [-0.2, 0) is 24.3 Å². The first kappa shape index (κ1) is 78.9. The minimum atomic E-state index is -0.341. The molecule has 0 aliphatic heterocycles. The lowest BCUT2D eigenvalue weighted by atomic mass is 10.0. The van der Waals surface area contributed by atoms with Gasteiger partial charge in [0.15, 0.2) is 5.76 Å². The lowest BCUT2D eigenvalue weighted by Gasteiger charge is -2.10. The largest absolute Gasteiger partial charge is 0.440 e. The number of benzene rings is 4. The first-order valence-electron chi connectivity index (χ1n) is 37.0. The van der Waals surface area contributed by atoms with Gasteiger partial charge in [-0.2, -0.15) is 10.2 Å². The number of imidazole rings is 4. The molecule has 16 aromatic rings. The number of anilines is 4. The minimum absolute atomic E-state index is 0.0866. The molecule has 592 valence electrons. The van der Waals surface area contributed by atoms with Crippen molar-refractivity contribution in [1.82, 2.24) is 116 Å². The second-order valence-corrected chi connectivity index (χ2v) is 26.2. The van der Waals surface area contributed by atoms with Gasteiger partial charge in [-0.15, -0.1) is 0 Å². The summed E-state index contributed by atoms with van der Waals surface area (Å²) in [6, 6.07) is 30.7. The molecule has 4 aromatic carbocycles. The number of carbonyl (C=O) groups is 4. The van der Waals surface area contributed by atoms with Crippen LogP contribution in [0.15, 0.2) is 190 Å². The van der Waals surface area contributed by atoms with Crippen LogP contribution in [0, 0.1) is 6.92 Å². The van der Waals surface area contributed by atoms with Gasteiger partial charge in [-0.05, 0) is 168 Å². The molecule has 8 amide bonds. The van der Waals surface area contributed by atoms with Crippen LogP contribution >= 0.6 is 0 Å². The maximum Gasteiger partial charge on any atom is 0.321 e. The Labute approximate surface area is 660 Å². The minimum Gasteiger partial charge on any atom is -0.440 e. The second kappa shape index (κ2) is 36.3. The molecule has 0 bridgehead atoms. The Morgan fingerprint density at radius 1 is 0.483 bits per heavy atom. The number of rotatable bonds is 21. The molecular weight excluding hydrogens is 1480 g/mol. The zero-order valence-electron chi connectivity index (χ0n) is 64.6. The van der Waals surface area contributed by atoms with Gasteiger partial charge in [0.25, 0.3) is 5.56 Å². The number of amides is 8. The number of nitrogens with zero attached hydrogens (tertiary/aromatic N) is 13. The average molecular weight is 1570 g/mol. The number of aryl methyl sites for hydroxylation is 1. The maximum atomic E-state index is 12.5. The maximum absolute atomic E-state index is 12.5. The summed E-state index contributed by atoms with van der Waals surface area (Å²) in [5.41, 5.74) is 16.7. The van der Waals surface area contributed by atoms with Gasteiger partial charge < -0.3 is 69.6 Å². The molecule has 0 unspecified atom stereocenters. The molecule has 0 aliphatic rings. The zero-order valence-corrected chi connectivity index (χ0v) is 64.6. The quantitative estimate of drug-likeness (QED) is 0.0318. The van der Waals surface area contributed by atoms with Crippen molar-refractivity contribution in [2.75, 3.05) is 68.7 Å². The van der Waals surface area contributed by atoms with Crippen molar-refractivity contribution >= 4 is 92.1 Å². The Hall–Kier alpha value is -15.2. The number of pyridine rings is 4. The molecule has 12 aromatic heterocycles. The van der Waals surface area contributed by atoms with Crippen molar-refractivity contribution in [2.45, 2.75) is 61.1 Å².